The number of sulfonamides is 1. The Kier molecular flexibility index (Phi) is 6.50. The summed E-state index contributed by atoms with van der Waals surface area (Å²) >= 11 is 0. The van der Waals surface area contributed by atoms with E-state index in [4.69, 9.17) is 9.47 Å². The van der Waals surface area contributed by atoms with Gasteiger partial charge in [-0.25, -0.2) is 18.4 Å². The van der Waals surface area contributed by atoms with Gasteiger partial charge in [0, 0.05) is 70.9 Å². The molecule has 0 unspecified atom stereocenters. The molecule has 4 heterocycles. The van der Waals surface area contributed by atoms with Gasteiger partial charge in [0.2, 0.25) is 10.0 Å². The molecule has 0 atom stereocenters. The summed E-state index contributed by atoms with van der Waals surface area (Å²) in [6.45, 7) is 8.82. The Balaban J connectivity index is 1.28. The number of anilines is 2. The number of rotatable bonds is 4. The number of nitrogens with zero attached hydrogens (tertiary/aromatic N) is 6. The van der Waals surface area contributed by atoms with Gasteiger partial charge in [0.15, 0.2) is 11.5 Å². The largest absolute Gasteiger partial charge is 0.490 e. The predicted octanol–water partition coefficient (Wildman–Crippen LogP) is 1.21. The first-order valence-corrected chi connectivity index (χ1v) is 13.3. The van der Waals surface area contributed by atoms with Crippen LogP contribution in [0.25, 0.3) is 0 Å². The normalized spacial score (nSPS) is 20.3. The molecule has 3 aliphatic rings. The standard InChI is InChI=1S/C23H32N6O4S/c1-18-24-22(27-8-6-26(2)7-9-27)17-23(25-18)28-10-12-29(13-11-28)34(30,31)19-4-5-20-21(16-19)33-15-3-14-32-20/h4-5,16-17H,3,6-15H2,1-2H3. The molecule has 0 amide bonds. The third-order valence-corrected chi connectivity index (χ3v) is 8.45. The molecule has 2 aromatic rings. The maximum absolute atomic E-state index is 13.3. The van der Waals surface area contributed by atoms with Gasteiger partial charge in [-0.2, -0.15) is 4.31 Å². The lowest BCUT2D eigenvalue weighted by Gasteiger charge is -2.36. The number of aromatic nitrogens is 2. The van der Waals surface area contributed by atoms with Crippen LogP contribution in [0.15, 0.2) is 29.2 Å². The third kappa shape index (κ3) is 4.77. The minimum absolute atomic E-state index is 0.237. The molecule has 0 radical (unpaired) electrons. The van der Waals surface area contributed by atoms with Gasteiger partial charge in [-0.15, -0.1) is 0 Å². The Labute approximate surface area is 201 Å². The number of aryl methyl sites for hydroxylation is 1. The minimum Gasteiger partial charge on any atom is -0.490 e. The van der Waals surface area contributed by atoms with Crippen molar-refractivity contribution in [3.05, 3.63) is 30.1 Å². The van der Waals surface area contributed by atoms with Crippen molar-refractivity contribution < 1.29 is 17.9 Å². The van der Waals surface area contributed by atoms with Crippen LogP contribution in [0.3, 0.4) is 0 Å². The number of hydrogen-bond donors (Lipinski definition) is 0. The SMILES string of the molecule is Cc1nc(N2CCN(C)CC2)cc(N2CCN(S(=O)(=O)c3ccc4c(c3)OCCCO4)CC2)n1. The zero-order valence-corrected chi connectivity index (χ0v) is 20.6. The van der Waals surface area contributed by atoms with E-state index in [1.165, 1.54) is 4.31 Å². The van der Waals surface area contributed by atoms with Crippen molar-refractivity contribution in [2.75, 3.05) is 82.4 Å². The van der Waals surface area contributed by atoms with E-state index in [9.17, 15) is 8.42 Å². The molecule has 0 bridgehead atoms. The molecule has 0 spiro atoms. The molecule has 10 nitrogen and oxygen atoms in total. The molecule has 2 saturated heterocycles. The van der Waals surface area contributed by atoms with Crippen LogP contribution < -0.4 is 19.3 Å². The van der Waals surface area contributed by atoms with Crippen molar-refractivity contribution in [1.82, 2.24) is 19.2 Å². The van der Waals surface area contributed by atoms with Gasteiger partial charge in [0.1, 0.15) is 17.5 Å². The molecular weight excluding hydrogens is 456 g/mol. The average molecular weight is 489 g/mol. The summed E-state index contributed by atoms with van der Waals surface area (Å²) in [5, 5.41) is 0. The van der Waals surface area contributed by atoms with Gasteiger partial charge < -0.3 is 24.2 Å². The minimum atomic E-state index is -3.63. The maximum Gasteiger partial charge on any atom is 0.243 e. The van der Waals surface area contributed by atoms with Crippen LogP contribution in [0.5, 0.6) is 11.5 Å². The van der Waals surface area contributed by atoms with Gasteiger partial charge >= 0.3 is 0 Å². The first-order chi connectivity index (χ1) is 16.4. The second kappa shape index (κ2) is 9.55. The number of hydrogen-bond acceptors (Lipinski definition) is 9. The number of fused-ring (bicyclic) bond motifs is 1. The lowest BCUT2D eigenvalue weighted by Crippen LogP contribution is -2.49. The molecule has 5 rings (SSSR count). The second-order valence-corrected chi connectivity index (χ2v) is 10.9. The van der Waals surface area contributed by atoms with Crippen molar-refractivity contribution in [3.8, 4) is 11.5 Å². The van der Waals surface area contributed by atoms with Gasteiger partial charge in [-0.1, -0.05) is 0 Å². The summed E-state index contributed by atoms with van der Waals surface area (Å²) in [4.78, 5) is 16.3. The zero-order chi connectivity index (χ0) is 23.7. The van der Waals surface area contributed by atoms with Crippen molar-refractivity contribution >= 4 is 21.7 Å². The van der Waals surface area contributed by atoms with Crippen molar-refractivity contribution in [3.63, 3.8) is 0 Å². The number of piperazine rings is 2. The van der Waals surface area contributed by atoms with Gasteiger partial charge in [0.05, 0.1) is 18.1 Å². The van der Waals surface area contributed by atoms with E-state index in [1.54, 1.807) is 18.2 Å². The van der Waals surface area contributed by atoms with Crippen LogP contribution >= 0.6 is 0 Å². The van der Waals surface area contributed by atoms with Crippen molar-refractivity contribution in [2.24, 2.45) is 0 Å². The smallest absolute Gasteiger partial charge is 0.243 e. The van der Waals surface area contributed by atoms with Crippen LogP contribution in [0, 0.1) is 6.92 Å². The van der Waals surface area contributed by atoms with E-state index < -0.39 is 10.0 Å². The molecule has 0 saturated carbocycles. The molecule has 0 N–H and O–H groups in total. The first-order valence-electron chi connectivity index (χ1n) is 11.8. The molecule has 1 aromatic carbocycles. The maximum atomic E-state index is 13.3. The van der Waals surface area contributed by atoms with Crippen molar-refractivity contribution in [1.29, 1.82) is 0 Å². The van der Waals surface area contributed by atoms with Gasteiger partial charge in [-0.05, 0) is 26.1 Å². The van der Waals surface area contributed by atoms with Crippen molar-refractivity contribution in [2.45, 2.75) is 18.2 Å². The lowest BCUT2D eigenvalue weighted by molar-refractivity contribution is 0.296. The lowest BCUT2D eigenvalue weighted by atomic mass is 10.3. The fourth-order valence-electron chi connectivity index (χ4n) is 4.51. The zero-order valence-electron chi connectivity index (χ0n) is 19.8. The van der Waals surface area contributed by atoms with Crippen LogP contribution in [-0.4, -0.2) is 100 Å². The fourth-order valence-corrected chi connectivity index (χ4v) is 5.94. The van der Waals surface area contributed by atoms with E-state index in [0.29, 0.717) is 50.9 Å². The summed E-state index contributed by atoms with van der Waals surface area (Å²) in [6.07, 6.45) is 0.776. The topological polar surface area (TPSA) is 91.3 Å². The Morgan fingerprint density at radius 1 is 0.794 bits per heavy atom. The Bertz CT molecular complexity index is 1130. The van der Waals surface area contributed by atoms with Gasteiger partial charge in [0.25, 0.3) is 0 Å². The van der Waals surface area contributed by atoms with E-state index in [2.05, 4.69) is 31.7 Å². The Morgan fingerprint density at radius 3 is 2.03 bits per heavy atom. The van der Waals surface area contributed by atoms with E-state index in [0.717, 1.165) is 50.1 Å². The fraction of sp³-hybridized carbons (Fsp3) is 0.565. The summed E-state index contributed by atoms with van der Waals surface area (Å²) < 4.78 is 39.5. The highest BCUT2D eigenvalue weighted by Gasteiger charge is 2.30. The molecule has 11 heteroatoms. The van der Waals surface area contributed by atoms with Crippen LogP contribution in [-0.2, 0) is 10.0 Å². The van der Waals surface area contributed by atoms with Crippen LogP contribution in [0.2, 0.25) is 0 Å². The molecule has 34 heavy (non-hydrogen) atoms. The predicted molar refractivity (Wildman–Crippen MR) is 129 cm³/mol. The molecule has 2 fully saturated rings. The highest BCUT2D eigenvalue weighted by Crippen LogP contribution is 2.33. The van der Waals surface area contributed by atoms with E-state index >= 15 is 0 Å². The first kappa shape index (κ1) is 23.1. The number of ether oxygens (including phenoxy) is 2. The van der Waals surface area contributed by atoms with E-state index in [1.807, 2.05) is 13.0 Å². The third-order valence-electron chi connectivity index (χ3n) is 6.56. The average Bonchev–Trinajstić information content (AvgIpc) is 3.09. The molecule has 0 aliphatic carbocycles. The highest BCUT2D eigenvalue weighted by atomic mass is 32.2. The van der Waals surface area contributed by atoms with E-state index in [-0.39, 0.29) is 4.90 Å². The van der Waals surface area contributed by atoms with Gasteiger partial charge in [-0.3, -0.25) is 0 Å². The second-order valence-electron chi connectivity index (χ2n) is 8.97. The summed E-state index contributed by atoms with van der Waals surface area (Å²) in [5.74, 6) is 3.61. The summed E-state index contributed by atoms with van der Waals surface area (Å²) in [5.41, 5.74) is 0. The number of benzene rings is 1. The molecular formula is C23H32N6O4S. The number of likely N-dealkylation sites (N-methyl/N-ethyl adjacent to an activating group) is 1. The molecule has 3 aliphatic heterocycles. The summed E-state index contributed by atoms with van der Waals surface area (Å²) in [6, 6.07) is 6.91. The molecule has 184 valence electrons. The monoisotopic (exact) mass is 488 g/mol. The quantitative estimate of drug-likeness (QED) is 0.630. The van der Waals surface area contributed by atoms with Crippen LogP contribution in [0.1, 0.15) is 12.2 Å². The summed E-state index contributed by atoms with van der Waals surface area (Å²) in [7, 11) is -1.49. The van der Waals surface area contributed by atoms with Crippen LogP contribution in [0.4, 0.5) is 11.6 Å². The highest BCUT2D eigenvalue weighted by molar-refractivity contribution is 7.89. The molecule has 1 aromatic heterocycles. The Hall–Kier alpha value is -2.63. The Morgan fingerprint density at radius 2 is 1.38 bits per heavy atom.